The van der Waals surface area contributed by atoms with Gasteiger partial charge in [0.25, 0.3) is 0 Å². The molecule has 0 radical (unpaired) electrons. The zero-order valence-electron chi connectivity index (χ0n) is 11.5. The fraction of sp³-hybridized carbons (Fsp3) is 0.357. The molecule has 6 nitrogen and oxygen atoms in total. The van der Waals surface area contributed by atoms with Crippen LogP contribution in [-0.2, 0) is 14.4 Å². The van der Waals surface area contributed by atoms with Crippen molar-refractivity contribution in [2.24, 2.45) is 0 Å². The Morgan fingerprint density at radius 2 is 2.19 bits per heavy atom. The molecule has 0 aliphatic carbocycles. The summed E-state index contributed by atoms with van der Waals surface area (Å²) in [5.41, 5.74) is 1.62. The number of benzene rings is 1. The second-order valence-electron chi connectivity index (χ2n) is 4.88. The van der Waals surface area contributed by atoms with Gasteiger partial charge in [-0.1, -0.05) is 15.9 Å². The monoisotopic (exact) mass is 353 g/mol. The first-order chi connectivity index (χ1) is 9.95. The summed E-state index contributed by atoms with van der Waals surface area (Å²) in [4.78, 5) is 34.6. The number of rotatable bonds is 4. The van der Waals surface area contributed by atoms with Crippen LogP contribution in [0.4, 0.5) is 5.69 Å². The molecule has 112 valence electrons. The van der Waals surface area contributed by atoms with Gasteiger partial charge in [-0.2, -0.15) is 0 Å². The molecule has 1 heterocycles. The minimum Gasteiger partial charge on any atom is -0.345 e. The number of carbonyl (C=O) groups excluding carboxylic acids is 3. The zero-order chi connectivity index (χ0) is 15.4. The van der Waals surface area contributed by atoms with Gasteiger partial charge < -0.3 is 16.0 Å². The topological polar surface area (TPSA) is 87.3 Å². The maximum Gasteiger partial charge on any atom is 0.243 e. The molecule has 0 spiro atoms. The van der Waals surface area contributed by atoms with E-state index in [0.29, 0.717) is 18.5 Å². The number of halogens is 1. The molecule has 1 aromatic carbocycles. The number of carbonyl (C=O) groups is 3. The lowest BCUT2D eigenvalue weighted by molar-refractivity contribution is -0.127. The summed E-state index contributed by atoms with van der Waals surface area (Å²) in [6, 6.07) is 4.98. The molecule has 0 bridgehead atoms. The molecule has 1 unspecified atom stereocenters. The smallest absolute Gasteiger partial charge is 0.243 e. The van der Waals surface area contributed by atoms with Gasteiger partial charge in [0.2, 0.25) is 17.7 Å². The Labute approximate surface area is 130 Å². The Morgan fingerprint density at radius 3 is 2.81 bits per heavy atom. The van der Waals surface area contributed by atoms with Crippen molar-refractivity contribution >= 4 is 39.3 Å². The van der Waals surface area contributed by atoms with Gasteiger partial charge in [0.1, 0.15) is 6.04 Å². The number of anilines is 1. The second-order valence-corrected chi connectivity index (χ2v) is 5.80. The second kappa shape index (κ2) is 6.71. The van der Waals surface area contributed by atoms with Crippen LogP contribution < -0.4 is 16.0 Å². The lowest BCUT2D eigenvalue weighted by Crippen LogP contribution is -2.44. The van der Waals surface area contributed by atoms with Crippen LogP contribution in [0.1, 0.15) is 18.4 Å². The van der Waals surface area contributed by atoms with E-state index in [1.807, 2.05) is 19.1 Å². The van der Waals surface area contributed by atoms with E-state index in [2.05, 4.69) is 31.9 Å². The van der Waals surface area contributed by atoms with Crippen molar-refractivity contribution < 1.29 is 14.4 Å². The van der Waals surface area contributed by atoms with Crippen LogP contribution in [0.3, 0.4) is 0 Å². The van der Waals surface area contributed by atoms with Crippen molar-refractivity contribution in [3.05, 3.63) is 28.2 Å². The Morgan fingerprint density at radius 1 is 1.43 bits per heavy atom. The summed E-state index contributed by atoms with van der Waals surface area (Å²) >= 11 is 3.35. The van der Waals surface area contributed by atoms with Gasteiger partial charge in [0, 0.05) is 16.6 Å². The molecule has 2 rings (SSSR count). The Balaban J connectivity index is 1.82. The van der Waals surface area contributed by atoms with Crippen molar-refractivity contribution in [2.45, 2.75) is 25.8 Å². The molecular weight excluding hydrogens is 338 g/mol. The predicted molar refractivity (Wildman–Crippen MR) is 81.7 cm³/mol. The van der Waals surface area contributed by atoms with E-state index in [0.717, 1.165) is 10.0 Å². The van der Waals surface area contributed by atoms with Crippen molar-refractivity contribution in [3.63, 3.8) is 0 Å². The number of hydrogen-bond donors (Lipinski definition) is 3. The fourth-order valence-corrected chi connectivity index (χ4v) is 2.54. The normalized spacial score (nSPS) is 17.2. The van der Waals surface area contributed by atoms with Gasteiger partial charge in [-0.3, -0.25) is 14.4 Å². The molecule has 21 heavy (non-hydrogen) atoms. The maximum absolute atomic E-state index is 11.8. The van der Waals surface area contributed by atoms with Crippen LogP contribution >= 0.6 is 15.9 Å². The third kappa shape index (κ3) is 4.29. The average molecular weight is 354 g/mol. The van der Waals surface area contributed by atoms with Crippen LogP contribution in [0.25, 0.3) is 0 Å². The first-order valence-electron chi connectivity index (χ1n) is 6.59. The average Bonchev–Trinajstić information content (AvgIpc) is 2.86. The SMILES string of the molecule is Cc1cc(Br)ccc1NC(=O)CNC(=O)C1CCC(=O)N1. The molecule has 1 aliphatic rings. The molecule has 3 N–H and O–H groups in total. The van der Waals surface area contributed by atoms with E-state index in [9.17, 15) is 14.4 Å². The molecule has 1 aliphatic heterocycles. The molecule has 1 saturated heterocycles. The summed E-state index contributed by atoms with van der Waals surface area (Å²) in [6.07, 6.45) is 0.820. The van der Waals surface area contributed by atoms with Gasteiger partial charge in [0.05, 0.1) is 6.54 Å². The van der Waals surface area contributed by atoms with E-state index in [1.54, 1.807) is 6.07 Å². The quantitative estimate of drug-likeness (QED) is 0.757. The lowest BCUT2D eigenvalue weighted by Gasteiger charge is -2.12. The number of aryl methyl sites for hydroxylation is 1. The predicted octanol–water partition coefficient (Wildman–Crippen LogP) is 1.09. The molecule has 3 amide bonds. The molecule has 0 aromatic heterocycles. The van der Waals surface area contributed by atoms with Gasteiger partial charge in [-0.05, 0) is 37.1 Å². The van der Waals surface area contributed by atoms with Gasteiger partial charge in [-0.15, -0.1) is 0 Å². The van der Waals surface area contributed by atoms with E-state index >= 15 is 0 Å². The van der Waals surface area contributed by atoms with E-state index < -0.39 is 6.04 Å². The van der Waals surface area contributed by atoms with Crippen LogP contribution in [0.15, 0.2) is 22.7 Å². The highest BCUT2D eigenvalue weighted by Gasteiger charge is 2.27. The molecular formula is C14H16BrN3O3. The first-order valence-corrected chi connectivity index (χ1v) is 7.38. The first kappa shape index (κ1) is 15.5. The van der Waals surface area contributed by atoms with E-state index in [1.165, 1.54) is 0 Å². The van der Waals surface area contributed by atoms with Gasteiger partial charge in [0.15, 0.2) is 0 Å². The Hall–Kier alpha value is -1.89. The summed E-state index contributed by atoms with van der Waals surface area (Å²) in [6.45, 7) is 1.76. The highest BCUT2D eigenvalue weighted by Crippen LogP contribution is 2.19. The highest BCUT2D eigenvalue weighted by molar-refractivity contribution is 9.10. The third-order valence-corrected chi connectivity index (χ3v) is 3.69. The molecule has 1 fully saturated rings. The summed E-state index contributed by atoms with van der Waals surface area (Å²) < 4.78 is 0.934. The number of hydrogen-bond acceptors (Lipinski definition) is 3. The third-order valence-electron chi connectivity index (χ3n) is 3.20. The lowest BCUT2D eigenvalue weighted by atomic mass is 10.2. The number of amides is 3. The van der Waals surface area contributed by atoms with Crippen molar-refractivity contribution in [1.29, 1.82) is 0 Å². The van der Waals surface area contributed by atoms with Crippen molar-refractivity contribution in [3.8, 4) is 0 Å². The standard InChI is InChI=1S/C14H16BrN3O3/c1-8-6-9(15)2-3-10(8)17-13(20)7-16-14(21)11-4-5-12(19)18-11/h2-3,6,11H,4-5,7H2,1H3,(H,16,21)(H,17,20)(H,18,19). The van der Waals surface area contributed by atoms with Crippen molar-refractivity contribution in [2.75, 3.05) is 11.9 Å². The van der Waals surface area contributed by atoms with E-state index in [-0.39, 0.29) is 24.3 Å². The van der Waals surface area contributed by atoms with E-state index in [4.69, 9.17) is 0 Å². The summed E-state index contributed by atoms with van der Waals surface area (Å²) in [5.74, 6) is -0.772. The van der Waals surface area contributed by atoms with Crippen LogP contribution in [0, 0.1) is 6.92 Å². The molecule has 1 atom stereocenters. The zero-order valence-corrected chi connectivity index (χ0v) is 13.1. The Bertz CT molecular complexity index is 589. The molecule has 7 heteroatoms. The summed E-state index contributed by atoms with van der Waals surface area (Å²) in [7, 11) is 0. The maximum atomic E-state index is 11.8. The largest absolute Gasteiger partial charge is 0.345 e. The molecule has 0 saturated carbocycles. The van der Waals surface area contributed by atoms with Gasteiger partial charge >= 0.3 is 0 Å². The highest BCUT2D eigenvalue weighted by atomic mass is 79.9. The Kier molecular flexibility index (Phi) is 4.95. The fourth-order valence-electron chi connectivity index (χ4n) is 2.06. The van der Waals surface area contributed by atoms with Gasteiger partial charge in [-0.25, -0.2) is 0 Å². The van der Waals surface area contributed by atoms with Crippen LogP contribution in [0.5, 0.6) is 0 Å². The minimum atomic E-state index is -0.528. The van der Waals surface area contributed by atoms with Crippen molar-refractivity contribution in [1.82, 2.24) is 10.6 Å². The minimum absolute atomic E-state index is 0.124. The van der Waals surface area contributed by atoms with Crippen LogP contribution in [0.2, 0.25) is 0 Å². The van der Waals surface area contributed by atoms with Crippen LogP contribution in [-0.4, -0.2) is 30.3 Å². The number of nitrogens with one attached hydrogen (secondary N) is 3. The molecule has 1 aromatic rings. The summed E-state index contributed by atoms with van der Waals surface area (Å²) in [5, 5.41) is 7.81.